The highest BCUT2D eigenvalue weighted by Gasteiger charge is 2.72. The zero-order valence-electron chi connectivity index (χ0n) is 13.3. The van der Waals surface area contributed by atoms with Crippen molar-refractivity contribution >= 4 is 27.7 Å². The van der Waals surface area contributed by atoms with E-state index in [4.69, 9.17) is 21.1 Å². The van der Waals surface area contributed by atoms with Gasteiger partial charge in [0.25, 0.3) is 0 Å². The van der Waals surface area contributed by atoms with E-state index in [1.807, 2.05) is 6.07 Å². The smallest absolute Gasteiger partial charge is 0.231 e. The van der Waals surface area contributed by atoms with Gasteiger partial charge in [-0.2, -0.15) is 5.26 Å². The van der Waals surface area contributed by atoms with Crippen molar-refractivity contribution in [2.45, 2.75) is 16.1 Å². The average molecular weight is 390 g/mol. The molecule has 26 heavy (non-hydrogen) atoms. The Kier molecular flexibility index (Phi) is 3.72. The number of rotatable bonds is 4. The van der Waals surface area contributed by atoms with Crippen LogP contribution in [0, 0.1) is 16.7 Å². The average Bonchev–Trinajstić information content (AvgIpc) is 3.12. The summed E-state index contributed by atoms with van der Waals surface area (Å²) in [6, 6.07) is 12.5. The van der Waals surface area contributed by atoms with Crippen LogP contribution in [-0.4, -0.2) is 26.7 Å². The van der Waals surface area contributed by atoms with Crippen LogP contribution in [-0.2, 0) is 14.6 Å². The van der Waals surface area contributed by atoms with Crippen LogP contribution in [0.3, 0.4) is 0 Å². The largest absolute Gasteiger partial charge is 0.454 e. The third kappa shape index (κ3) is 2.30. The Bertz CT molecular complexity index is 1040. The van der Waals surface area contributed by atoms with E-state index in [1.165, 1.54) is 24.3 Å². The monoisotopic (exact) mass is 389 g/mol. The molecule has 2 aromatic rings. The Labute approximate surface area is 154 Å². The maximum absolute atomic E-state index is 13.0. The maximum Gasteiger partial charge on any atom is 0.231 e. The summed E-state index contributed by atoms with van der Waals surface area (Å²) in [5.74, 6) is 0.232. The first-order valence-corrected chi connectivity index (χ1v) is 9.63. The molecule has 3 atom stereocenters. The first kappa shape index (κ1) is 16.9. The lowest BCUT2D eigenvalue weighted by Crippen LogP contribution is -2.16. The van der Waals surface area contributed by atoms with Crippen LogP contribution in [0.15, 0.2) is 47.4 Å². The molecular formula is C18H12ClNO5S. The molecule has 0 saturated heterocycles. The van der Waals surface area contributed by atoms with Gasteiger partial charge < -0.3 is 14.3 Å². The molecule has 2 aromatic carbocycles. The second-order valence-electron chi connectivity index (χ2n) is 6.17. The summed E-state index contributed by atoms with van der Waals surface area (Å²) >= 11 is 5.82. The van der Waals surface area contributed by atoms with Crippen molar-refractivity contribution in [1.82, 2.24) is 0 Å². The van der Waals surface area contributed by atoms with Gasteiger partial charge in [0.15, 0.2) is 21.3 Å². The number of ether oxygens (including phenoxy) is 2. The van der Waals surface area contributed by atoms with Crippen molar-refractivity contribution < 1.29 is 22.7 Å². The number of aldehydes is 1. The molecule has 132 valence electrons. The normalized spacial score (nSPS) is 26.2. The fraction of sp³-hybridized carbons (Fsp3) is 0.222. The molecule has 1 fully saturated rings. The molecule has 8 heteroatoms. The van der Waals surface area contributed by atoms with E-state index in [0.717, 1.165) is 0 Å². The van der Waals surface area contributed by atoms with Crippen molar-refractivity contribution in [3.63, 3.8) is 0 Å². The van der Waals surface area contributed by atoms with Gasteiger partial charge in [0.05, 0.1) is 11.0 Å². The standard InChI is InChI=1S/C18H12ClNO5S/c19-12-2-4-13(5-3-12)26(22,23)17-16(18(17,8-20)9-21)11-1-6-14-15(7-11)25-10-24-14/h1-7,9,16-17H,10H2. The van der Waals surface area contributed by atoms with Gasteiger partial charge in [-0.3, -0.25) is 0 Å². The Morgan fingerprint density at radius 1 is 1.15 bits per heavy atom. The van der Waals surface area contributed by atoms with Crippen molar-refractivity contribution in [3.8, 4) is 17.6 Å². The number of fused-ring (bicyclic) bond motifs is 1. The number of benzene rings is 2. The lowest BCUT2D eigenvalue weighted by molar-refractivity contribution is -0.110. The molecule has 0 aromatic heterocycles. The van der Waals surface area contributed by atoms with Gasteiger partial charge >= 0.3 is 0 Å². The fourth-order valence-electron chi connectivity index (χ4n) is 3.44. The summed E-state index contributed by atoms with van der Waals surface area (Å²) in [7, 11) is -3.91. The predicted molar refractivity (Wildman–Crippen MR) is 91.8 cm³/mol. The third-order valence-corrected chi connectivity index (χ3v) is 7.31. The van der Waals surface area contributed by atoms with Crippen LogP contribution in [0.4, 0.5) is 0 Å². The van der Waals surface area contributed by atoms with Crippen LogP contribution < -0.4 is 9.47 Å². The molecule has 0 N–H and O–H groups in total. The van der Waals surface area contributed by atoms with E-state index in [1.54, 1.807) is 18.2 Å². The molecule has 2 aliphatic rings. The number of hydrogen-bond donors (Lipinski definition) is 0. The first-order valence-electron chi connectivity index (χ1n) is 7.70. The summed E-state index contributed by atoms with van der Waals surface area (Å²) in [6.07, 6.45) is 0.431. The summed E-state index contributed by atoms with van der Waals surface area (Å²) in [5.41, 5.74) is -1.09. The number of halogens is 1. The van der Waals surface area contributed by atoms with Gasteiger partial charge in [0.1, 0.15) is 17.0 Å². The third-order valence-electron chi connectivity index (χ3n) is 4.80. The summed E-state index contributed by atoms with van der Waals surface area (Å²) < 4.78 is 36.7. The SMILES string of the molecule is N#CC1(C=O)C(c2ccc3c(c2)OCO3)C1S(=O)(=O)c1ccc(Cl)cc1. The zero-order valence-corrected chi connectivity index (χ0v) is 14.8. The lowest BCUT2D eigenvalue weighted by atomic mass is 10.0. The van der Waals surface area contributed by atoms with Crippen molar-refractivity contribution in [2.75, 3.05) is 6.79 Å². The Morgan fingerprint density at radius 2 is 1.85 bits per heavy atom. The molecule has 0 bridgehead atoms. The van der Waals surface area contributed by atoms with E-state index in [9.17, 15) is 18.5 Å². The van der Waals surface area contributed by atoms with Gasteiger partial charge in [-0.25, -0.2) is 8.42 Å². The van der Waals surface area contributed by atoms with E-state index < -0.39 is 26.4 Å². The quantitative estimate of drug-likeness (QED) is 0.746. The molecule has 4 rings (SSSR count). The van der Waals surface area contributed by atoms with E-state index in [0.29, 0.717) is 28.4 Å². The molecule has 0 amide bonds. The maximum atomic E-state index is 13.0. The second-order valence-corrected chi connectivity index (χ2v) is 8.68. The van der Waals surface area contributed by atoms with Crippen LogP contribution in [0.5, 0.6) is 11.5 Å². The Hall–Kier alpha value is -2.56. The van der Waals surface area contributed by atoms with Crippen molar-refractivity contribution in [1.29, 1.82) is 5.26 Å². The minimum Gasteiger partial charge on any atom is -0.454 e. The zero-order chi connectivity index (χ0) is 18.5. The van der Waals surface area contributed by atoms with Crippen LogP contribution in [0.25, 0.3) is 0 Å². The Balaban J connectivity index is 1.79. The number of carbonyl (C=O) groups is 1. The van der Waals surface area contributed by atoms with E-state index in [2.05, 4.69) is 0 Å². The molecule has 1 heterocycles. The highest BCUT2D eigenvalue weighted by Crippen LogP contribution is 2.63. The molecule has 0 spiro atoms. The molecule has 1 aliphatic heterocycles. The highest BCUT2D eigenvalue weighted by atomic mass is 35.5. The summed E-state index contributed by atoms with van der Waals surface area (Å²) in [6.45, 7) is 0.0764. The lowest BCUT2D eigenvalue weighted by Gasteiger charge is -2.05. The predicted octanol–water partition coefficient (Wildman–Crippen LogP) is 2.72. The van der Waals surface area contributed by atoms with E-state index in [-0.39, 0.29) is 11.7 Å². The molecule has 1 saturated carbocycles. The van der Waals surface area contributed by atoms with Crippen LogP contribution in [0.1, 0.15) is 11.5 Å². The van der Waals surface area contributed by atoms with Gasteiger partial charge in [-0.15, -0.1) is 0 Å². The highest BCUT2D eigenvalue weighted by molar-refractivity contribution is 7.92. The summed E-state index contributed by atoms with van der Waals surface area (Å²) in [5, 5.41) is 8.81. The van der Waals surface area contributed by atoms with Gasteiger partial charge in [-0.1, -0.05) is 17.7 Å². The number of hydrogen-bond acceptors (Lipinski definition) is 6. The minimum atomic E-state index is -3.91. The summed E-state index contributed by atoms with van der Waals surface area (Å²) in [4.78, 5) is 11.7. The van der Waals surface area contributed by atoms with Crippen molar-refractivity contribution in [3.05, 3.63) is 53.1 Å². The minimum absolute atomic E-state index is 0.0246. The topological polar surface area (TPSA) is 93.5 Å². The number of nitriles is 1. The number of sulfone groups is 1. The van der Waals surface area contributed by atoms with E-state index >= 15 is 0 Å². The fourth-order valence-corrected chi connectivity index (χ4v) is 5.80. The number of carbonyl (C=O) groups excluding carboxylic acids is 1. The Morgan fingerprint density at radius 3 is 2.50 bits per heavy atom. The van der Waals surface area contributed by atoms with Gasteiger partial charge in [0, 0.05) is 10.9 Å². The molecule has 1 aliphatic carbocycles. The molecule has 3 unspecified atom stereocenters. The molecule has 6 nitrogen and oxygen atoms in total. The second kappa shape index (κ2) is 5.73. The number of nitrogens with zero attached hydrogens (tertiary/aromatic N) is 1. The van der Waals surface area contributed by atoms with Crippen molar-refractivity contribution in [2.24, 2.45) is 5.41 Å². The van der Waals surface area contributed by atoms with Crippen LogP contribution in [0.2, 0.25) is 5.02 Å². The van der Waals surface area contributed by atoms with Gasteiger partial charge in [0.2, 0.25) is 6.79 Å². The van der Waals surface area contributed by atoms with Crippen LogP contribution >= 0.6 is 11.6 Å². The first-order chi connectivity index (χ1) is 12.4. The molecular weight excluding hydrogens is 378 g/mol. The molecule has 0 radical (unpaired) electrons. The van der Waals surface area contributed by atoms with Gasteiger partial charge in [-0.05, 0) is 42.0 Å².